The summed E-state index contributed by atoms with van der Waals surface area (Å²) in [5.41, 5.74) is 0.931. The van der Waals surface area contributed by atoms with Crippen LogP contribution in [-0.2, 0) is 16.0 Å². The van der Waals surface area contributed by atoms with Crippen LogP contribution in [-0.4, -0.2) is 43.6 Å². The van der Waals surface area contributed by atoms with Crippen LogP contribution in [0.15, 0.2) is 40.2 Å². The number of H-pyrrole nitrogens is 1. The molecule has 0 bridgehead atoms. The number of carbonyl (C=O) groups excluding carboxylic acids is 2. The van der Waals surface area contributed by atoms with Crippen molar-refractivity contribution in [2.75, 3.05) is 6.54 Å². The highest BCUT2D eigenvalue weighted by Gasteiger charge is 2.38. The first kappa shape index (κ1) is 17.4. The van der Waals surface area contributed by atoms with E-state index in [1.54, 1.807) is 37.7 Å². The third kappa shape index (κ3) is 3.99. The standard InChI is InChI=1S/C16H16N4O3S2/c1-10(14(21)18-5-4-11-8-17-9-19-11)20-15(22)13(25-16(20)24)7-12-3-2-6-23-12/h2-3,6-10H,4-5H2,1H3,(H,17,19)(H,18,21). The van der Waals surface area contributed by atoms with Gasteiger partial charge in [-0.2, -0.15) is 0 Å². The second-order valence-electron chi connectivity index (χ2n) is 5.36. The van der Waals surface area contributed by atoms with Crippen LogP contribution in [0.4, 0.5) is 0 Å². The molecule has 0 spiro atoms. The molecule has 7 nitrogen and oxygen atoms in total. The number of aromatic amines is 1. The molecular weight excluding hydrogens is 360 g/mol. The Balaban J connectivity index is 1.60. The molecule has 0 aromatic carbocycles. The maximum atomic E-state index is 12.6. The van der Waals surface area contributed by atoms with Crippen molar-refractivity contribution < 1.29 is 14.0 Å². The van der Waals surface area contributed by atoms with Crippen molar-refractivity contribution in [1.82, 2.24) is 20.2 Å². The maximum Gasteiger partial charge on any atom is 0.267 e. The molecule has 3 heterocycles. The van der Waals surface area contributed by atoms with E-state index < -0.39 is 6.04 Å². The lowest BCUT2D eigenvalue weighted by Gasteiger charge is -2.22. The molecule has 1 aliphatic heterocycles. The first-order valence-electron chi connectivity index (χ1n) is 7.62. The van der Waals surface area contributed by atoms with Crippen LogP contribution in [0.2, 0.25) is 0 Å². The minimum atomic E-state index is -0.684. The highest BCUT2D eigenvalue weighted by molar-refractivity contribution is 8.26. The van der Waals surface area contributed by atoms with E-state index in [0.29, 0.717) is 28.0 Å². The third-order valence-corrected chi connectivity index (χ3v) is 4.99. The highest BCUT2D eigenvalue weighted by atomic mass is 32.2. The average molecular weight is 376 g/mol. The summed E-state index contributed by atoms with van der Waals surface area (Å²) < 4.78 is 5.58. The summed E-state index contributed by atoms with van der Waals surface area (Å²) in [7, 11) is 0. The zero-order chi connectivity index (χ0) is 17.8. The Labute approximate surface area is 153 Å². The number of hydrogen-bond acceptors (Lipinski definition) is 6. The van der Waals surface area contributed by atoms with Gasteiger partial charge in [0, 0.05) is 30.9 Å². The molecule has 2 N–H and O–H groups in total. The molecule has 0 radical (unpaired) electrons. The summed E-state index contributed by atoms with van der Waals surface area (Å²) in [6.07, 6.45) is 7.09. The number of thioether (sulfide) groups is 1. The van der Waals surface area contributed by atoms with Crippen LogP contribution in [0, 0.1) is 0 Å². The summed E-state index contributed by atoms with van der Waals surface area (Å²) in [5, 5.41) is 2.81. The zero-order valence-electron chi connectivity index (χ0n) is 13.4. The minimum Gasteiger partial charge on any atom is -0.465 e. The number of imidazole rings is 1. The van der Waals surface area contributed by atoms with Crippen LogP contribution in [0.3, 0.4) is 0 Å². The monoisotopic (exact) mass is 376 g/mol. The number of nitrogens with zero attached hydrogens (tertiary/aromatic N) is 2. The molecule has 1 fully saturated rings. The van der Waals surface area contributed by atoms with E-state index in [2.05, 4.69) is 15.3 Å². The number of carbonyl (C=O) groups is 2. The summed E-state index contributed by atoms with van der Waals surface area (Å²) in [6, 6.07) is 2.80. The van der Waals surface area contributed by atoms with Gasteiger partial charge in [0.2, 0.25) is 5.91 Å². The number of nitrogens with one attached hydrogen (secondary N) is 2. The lowest BCUT2D eigenvalue weighted by atomic mass is 10.2. The van der Waals surface area contributed by atoms with Gasteiger partial charge in [0.1, 0.15) is 16.1 Å². The average Bonchev–Trinajstić information content (AvgIpc) is 3.31. The van der Waals surface area contributed by atoms with Gasteiger partial charge in [0.25, 0.3) is 5.91 Å². The maximum absolute atomic E-state index is 12.6. The molecule has 1 unspecified atom stereocenters. The fourth-order valence-corrected chi connectivity index (χ4v) is 3.72. The molecule has 9 heteroatoms. The lowest BCUT2D eigenvalue weighted by Crippen LogP contribution is -2.47. The van der Waals surface area contributed by atoms with Crippen molar-refractivity contribution in [2.45, 2.75) is 19.4 Å². The number of aromatic nitrogens is 2. The molecule has 2 aromatic heterocycles. The Hall–Kier alpha value is -2.39. The molecule has 0 saturated carbocycles. The molecule has 2 amide bonds. The van der Waals surface area contributed by atoms with E-state index in [1.165, 1.54) is 11.2 Å². The Bertz CT molecular complexity index is 799. The second kappa shape index (κ2) is 7.66. The van der Waals surface area contributed by atoms with Gasteiger partial charge in [-0.25, -0.2) is 4.98 Å². The number of furan rings is 1. The number of thiocarbonyl (C=S) groups is 1. The third-order valence-electron chi connectivity index (χ3n) is 3.66. The van der Waals surface area contributed by atoms with Gasteiger partial charge in [-0.3, -0.25) is 14.5 Å². The molecule has 1 atom stereocenters. The van der Waals surface area contributed by atoms with Crippen LogP contribution in [0.25, 0.3) is 6.08 Å². The largest absolute Gasteiger partial charge is 0.465 e. The number of rotatable bonds is 6. The van der Waals surface area contributed by atoms with E-state index in [9.17, 15) is 9.59 Å². The van der Waals surface area contributed by atoms with Crippen molar-refractivity contribution >= 4 is 46.2 Å². The van der Waals surface area contributed by atoms with E-state index in [-0.39, 0.29) is 11.8 Å². The molecule has 0 aliphatic carbocycles. The smallest absolute Gasteiger partial charge is 0.267 e. The quantitative estimate of drug-likeness (QED) is 0.591. The topological polar surface area (TPSA) is 91.2 Å². The lowest BCUT2D eigenvalue weighted by molar-refractivity contribution is -0.132. The van der Waals surface area contributed by atoms with Crippen molar-refractivity contribution in [1.29, 1.82) is 0 Å². The Morgan fingerprint density at radius 3 is 3.12 bits per heavy atom. The molecule has 130 valence electrons. The summed E-state index contributed by atoms with van der Waals surface area (Å²) >= 11 is 6.43. The SMILES string of the molecule is CC(C(=O)NCCc1cnc[nH]1)N1C(=O)C(=Cc2ccco2)SC1=S. The van der Waals surface area contributed by atoms with Gasteiger partial charge in [-0.1, -0.05) is 24.0 Å². The minimum absolute atomic E-state index is 0.255. The van der Waals surface area contributed by atoms with E-state index >= 15 is 0 Å². The van der Waals surface area contributed by atoms with Gasteiger partial charge < -0.3 is 14.7 Å². The number of hydrogen-bond donors (Lipinski definition) is 2. The van der Waals surface area contributed by atoms with Crippen molar-refractivity contribution in [3.05, 3.63) is 47.3 Å². The van der Waals surface area contributed by atoms with Crippen LogP contribution in [0.5, 0.6) is 0 Å². The molecule has 1 saturated heterocycles. The predicted octanol–water partition coefficient (Wildman–Crippen LogP) is 1.95. The van der Waals surface area contributed by atoms with E-state index in [0.717, 1.165) is 17.5 Å². The van der Waals surface area contributed by atoms with Gasteiger partial charge in [0.15, 0.2) is 0 Å². The Morgan fingerprint density at radius 1 is 1.60 bits per heavy atom. The van der Waals surface area contributed by atoms with Crippen LogP contribution >= 0.6 is 24.0 Å². The van der Waals surface area contributed by atoms with Crippen molar-refractivity contribution in [3.8, 4) is 0 Å². The molecule has 2 aromatic rings. The first-order valence-corrected chi connectivity index (χ1v) is 8.84. The fraction of sp³-hybridized carbons (Fsp3) is 0.250. The van der Waals surface area contributed by atoms with Gasteiger partial charge >= 0.3 is 0 Å². The predicted molar refractivity (Wildman–Crippen MR) is 98.5 cm³/mol. The van der Waals surface area contributed by atoms with E-state index in [1.807, 2.05) is 0 Å². The molecular formula is C16H16N4O3S2. The molecule has 3 rings (SSSR count). The van der Waals surface area contributed by atoms with Crippen LogP contribution in [0.1, 0.15) is 18.4 Å². The zero-order valence-corrected chi connectivity index (χ0v) is 15.0. The molecule has 1 aliphatic rings. The Morgan fingerprint density at radius 2 is 2.44 bits per heavy atom. The Kier molecular flexibility index (Phi) is 5.34. The summed E-state index contributed by atoms with van der Waals surface area (Å²) in [6.45, 7) is 2.11. The second-order valence-corrected chi connectivity index (χ2v) is 7.04. The summed E-state index contributed by atoms with van der Waals surface area (Å²) in [5.74, 6) is 0.0230. The normalized spacial score (nSPS) is 17.3. The van der Waals surface area contributed by atoms with Gasteiger partial charge in [0.05, 0.1) is 17.5 Å². The first-order chi connectivity index (χ1) is 12.1. The van der Waals surface area contributed by atoms with Gasteiger partial charge in [-0.05, 0) is 19.1 Å². The van der Waals surface area contributed by atoms with Gasteiger partial charge in [-0.15, -0.1) is 0 Å². The van der Waals surface area contributed by atoms with Crippen LogP contribution < -0.4 is 5.32 Å². The molecule has 25 heavy (non-hydrogen) atoms. The number of amides is 2. The highest BCUT2D eigenvalue weighted by Crippen LogP contribution is 2.33. The fourth-order valence-electron chi connectivity index (χ4n) is 2.32. The van der Waals surface area contributed by atoms with Crippen molar-refractivity contribution in [2.24, 2.45) is 0 Å². The summed E-state index contributed by atoms with van der Waals surface area (Å²) in [4.78, 5) is 33.6. The van der Waals surface area contributed by atoms with E-state index in [4.69, 9.17) is 16.6 Å². The van der Waals surface area contributed by atoms with Crippen molar-refractivity contribution in [3.63, 3.8) is 0 Å².